The number of anilines is 1. The minimum Gasteiger partial charge on any atom is -0.489 e. The van der Waals surface area contributed by atoms with Crippen LogP contribution in [0.25, 0.3) is 0 Å². The molecule has 0 bridgehead atoms. The zero-order valence-corrected chi connectivity index (χ0v) is 15.7. The summed E-state index contributed by atoms with van der Waals surface area (Å²) in [7, 11) is 0. The lowest BCUT2D eigenvalue weighted by molar-refractivity contribution is 0.269. The van der Waals surface area contributed by atoms with Gasteiger partial charge in [0, 0.05) is 14.8 Å². The van der Waals surface area contributed by atoms with Crippen LogP contribution >= 0.6 is 34.4 Å². The maximum atomic E-state index is 11.6. The Bertz CT molecular complexity index is 688. The molecule has 0 saturated heterocycles. The maximum absolute atomic E-state index is 11.6. The van der Waals surface area contributed by atoms with E-state index in [-0.39, 0.29) is 5.24 Å². The number of amides is 1. The average molecular weight is 427 g/mol. The van der Waals surface area contributed by atoms with Gasteiger partial charge in [-0.2, -0.15) is 0 Å². The van der Waals surface area contributed by atoms with E-state index in [9.17, 15) is 4.79 Å². The fourth-order valence-electron chi connectivity index (χ4n) is 2.09. The molecule has 2 aromatic rings. The Balaban J connectivity index is 2.19. The van der Waals surface area contributed by atoms with Gasteiger partial charge in [0.2, 0.25) is 0 Å². The van der Waals surface area contributed by atoms with Gasteiger partial charge in [0.25, 0.3) is 5.24 Å². The molecule has 0 atom stereocenters. The number of carbonyl (C=O) groups excluding carboxylic acids is 1. The minimum atomic E-state index is -0.0743. The van der Waals surface area contributed by atoms with E-state index < -0.39 is 0 Å². The monoisotopic (exact) mass is 427 g/mol. The largest absolute Gasteiger partial charge is 0.489 e. The van der Waals surface area contributed by atoms with Gasteiger partial charge in [-0.1, -0.05) is 35.5 Å². The zero-order valence-electron chi connectivity index (χ0n) is 12.8. The number of nitrogens with one attached hydrogen (secondary N) is 1. The van der Waals surface area contributed by atoms with E-state index in [4.69, 9.17) is 4.74 Å². The molecule has 2 aromatic carbocycles. The Kier molecular flexibility index (Phi) is 6.14. The first-order valence-corrected chi connectivity index (χ1v) is 9.14. The third-order valence-corrected chi connectivity index (χ3v) is 4.73. The first-order valence-electron chi connectivity index (χ1n) is 6.83. The number of hydrogen-bond donors (Lipinski definition) is 1. The summed E-state index contributed by atoms with van der Waals surface area (Å²) in [4.78, 5) is 11.6. The minimum absolute atomic E-state index is 0.0743. The molecule has 1 N–H and O–H groups in total. The van der Waals surface area contributed by atoms with Crippen LogP contribution in [-0.2, 0) is 6.61 Å². The lowest BCUT2D eigenvalue weighted by Gasteiger charge is -2.15. The van der Waals surface area contributed by atoms with E-state index in [0.29, 0.717) is 6.61 Å². The number of hydrogen-bond acceptors (Lipinski definition) is 3. The highest BCUT2D eigenvalue weighted by Gasteiger charge is 2.11. The Morgan fingerprint density at radius 1 is 1.27 bits per heavy atom. The summed E-state index contributed by atoms with van der Waals surface area (Å²) in [5.74, 6) is 0.868. The highest BCUT2D eigenvalue weighted by Crippen LogP contribution is 2.26. The van der Waals surface area contributed by atoms with E-state index in [0.717, 1.165) is 37.9 Å². The summed E-state index contributed by atoms with van der Waals surface area (Å²) < 4.78 is 7.02. The standard InChI is InChI=1S/C17H18INO2S/c1-11-7-8-16(12(2)9-11)21-10-13-14(18)5-4-6-15(13)19-17(20)22-3/h4-9H,10H2,1-3H3,(H,19,20). The van der Waals surface area contributed by atoms with Crippen molar-refractivity contribution >= 4 is 45.3 Å². The van der Waals surface area contributed by atoms with Crippen LogP contribution in [0.2, 0.25) is 0 Å². The summed E-state index contributed by atoms with van der Waals surface area (Å²) in [6.45, 7) is 4.52. The SMILES string of the molecule is CSC(=O)Nc1cccc(I)c1COc1ccc(C)cc1C. The second kappa shape index (κ2) is 7.87. The van der Waals surface area contributed by atoms with Crippen molar-refractivity contribution in [1.82, 2.24) is 0 Å². The van der Waals surface area contributed by atoms with Crippen molar-refractivity contribution in [3.05, 3.63) is 56.7 Å². The highest BCUT2D eigenvalue weighted by atomic mass is 127. The van der Waals surface area contributed by atoms with E-state index in [2.05, 4.69) is 40.9 Å². The predicted octanol–water partition coefficient (Wildman–Crippen LogP) is 5.38. The molecule has 22 heavy (non-hydrogen) atoms. The van der Waals surface area contributed by atoms with Crippen LogP contribution in [0.3, 0.4) is 0 Å². The van der Waals surface area contributed by atoms with Crippen molar-refractivity contribution in [2.24, 2.45) is 0 Å². The van der Waals surface area contributed by atoms with Crippen LogP contribution in [-0.4, -0.2) is 11.5 Å². The molecule has 0 heterocycles. The summed E-state index contributed by atoms with van der Waals surface area (Å²) in [5.41, 5.74) is 4.12. The Morgan fingerprint density at radius 2 is 2.05 bits per heavy atom. The Labute approximate surface area is 149 Å². The first-order chi connectivity index (χ1) is 10.5. The second-order valence-electron chi connectivity index (χ2n) is 4.94. The van der Waals surface area contributed by atoms with Crippen LogP contribution in [0.15, 0.2) is 36.4 Å². The molecular weight excluding hydrogens is 409 g/mol. The third-order valence-electron chi connectivity index (χ3n) is 3.24. The molecule has 2 rings (SSSR count). The van der Waals surface area contributed by atoms with Gasteiger partial charge in [0.15, 0.2) is 0 Å². The molecule has 3 nitrogen and oxygen atoms in total. The molecule has 0 radical (unpaired) electrons. The molecule has 0 saturated carbocycles. The summed E-state index contributed by atoms with van der Waals surface area (Å²) in [6.07, 6.45) is 1.76. The number of rotatable bonds is 4. The summed E-state index contributed by atoms with van der Waals surface area (Å²) in [5, 5.41) is 2.83. The van der Waals surface area contributed by atoms with Crippen molar-refractivity contribution in [3.63, 3.8) is 0 Å². The van der Waals surface area contributed by atoms with Gasteiger partial charge in [0.05, 0.1) is 0 Å². The van der Waals surface area contributed by atoms with Crippen LogP contribution in [0.1, 0.15) is 16.7 Å². The lowest BCUT2D eigenvalue weighted by Crippen LogP contribution is -2.09. The van der Waals surface area contributed by atoms with Crippen LogP contribution in [0.5, 0.6) is 5.75 Å². The number of ether oxygens (including phenoxy) is 1. The van der Waals surface area contributed by atoms with Crippen LogP contribution in [0, 0.1) is 17.4 Å². The third kappa shape index (κ3) is 4.39. The van der Waals surface area contributed by atoms with Gasteiger partial charge >= 0.3 is 0 Å². The van der Waals surface area contributed by atoms with Gasteiger partial charge in [0.1, 0.15) is 12.4 Å². The molecule has 0 fully saturated rings. The lowest BCUT2D eigenvalue weighted by atomic mass is 10.1. The molecule has 0 aliphatic heterocycles. The number of benzene rings is 2. The average Bonchev–Trinajstić information content (AvgIpc) is 2.48. The maximum Gasteiger partial charge on any atom is 0.283 e. The summed E-state index contributed by atoms with van der Waals surface area (Å²) in [6, 6.07) is 12.0. The van der Waals surface area contributed by atoms with Crippen molar-refractivity contribution in [2.45, 2.75) is 20.5 Å². The fourth-order valence-corrected chi connectivity index (χ4v) is 2.96. The van der Waals surface area contributed by atoms with Crippen molar-refractivity contribution < 1.29 is 9.53 Å². The molecule has 1 amide bonds. The molecule has 0 spiro atoms. The zero-order chi connectivity index (χ0) is 16.1. The van der Waals surface area contributed by atoms with Crippen molar-refractivity contribution in [3.8, 4) is 5.75 Å². The van der Waals surface area contributed by atoms with E-state index in [1.165, 1.54) is 5.56 Å². The van der Waals surface area contributed by atoms with Gasteiger partial charge in [-0.05, 0) is 66.5 Å². The van der Waals surface area contributed by atoms with E-state index in [1.54, 1.807) is 6.26 Å². The first kappa shape index (κ1) is 17.1. The van der Waals surface area contributed by atoms with Crippen molar-refractivity contribution in [1.29, 1.82) is 0 Å². The van der Waals surface area contributed by atoms with Gasteiger partial charge < -0.3 is 10.1 Å². The smallest absolute Gasteiger partial charge is 0.283 e. The topological polar surface area (TPSA) is 38.3 Å². The van der Waals surface area contributed by atoms with Crippen LogP contribution in [0.4, 0.5) is 10.5 Å². The Hall–Kier alpha value is -1.21. The molecule has 0 aliphatic rings. The summed E-state index contributed by atoms with van der Waals surface area (Å²) >= 11 is 3.42. The number of aryl methyl sites for hydroxylation is 2. The Morgan fingerprint density at radius 3 is 2.73 bits per heavy atom. The predicted molar refractivity (Wildman–Crippen MR) is 102 cm³/mol. The van der Waals surface area contributed by atoms with Crippen LogP contribution < -0.4 is 10.1 Å². The molecular formula is C17H18INO2S. The number of carbonyl (C=O) groups is 1. The number of halogens is 1. The van der Waals surface area contributed by atoms with Crippen molar-refractivity contribution in [2.75, 3.05) is 11.6 Å². The molecule has 116 valence electrons. The molecule has 0 aromatic heterocycles. The molecule has 0 aliphatic carbocycles. The quantitative estimate of drug-likeness (QED) is 0.666. The van der Waals surface area contributed by atoms with Gasteiger partial charge in [-0.15, -0.1) is 0 Å². The molecule has 0 unspecified atom stereocenters. The fraction of sp³-hybridized carbons (Fsp3) is 0.235. The normalized spacial score (nSPS) is 10.4. The molecule has 5 heteroatoms. The van der Waals surface area contributed by atoms with Gasteiger partial charge in [-0.3, -0.25) is 4.79 Å². The van der Waals surface area contributed by atoms with E-state index in [1.807, 2.05) is 37.3 Å². The highest BCUT2D eigenvalue weighted by molar-refractivity contribution is 14.1. The van der Waals surface area contributed by atoms with E-state index >= 15 is 0 Å². The van der Waals surface area contributed by atoms with Gasteiger partial charge in [-0.25, -0.2) is 0 Å². The number of thioether (sulfide) groups is 1. The second-order valence-corrected chi connectivity index (χ2v) is 6.88.